The molecule has 4 aromatic heterocycles. The fraction of sp³-hybridized carbons (Fsp3) is 0.160. The van der Waals surface area contributed by atoms with Crippen LogP contribution in [0.4, 0.5) is 11.6 Å². The van der Waals surface area contributed by atoms with Crippen LogP contribution in [0.2, 0.25) is 5.02 Å². The summed E-state index contributed by atoms with van der Waals surface area (Å²) < 4.78 is 13.4. The molecule has 9 nitrogen and oxygen atoms in total. The largest absolute Gasteiger partial charge is 0.491 e. The molecular formula is C25H22ClN7O2. The molecule has 0 saturated heterocycles. The van der Waals surface area contributed by atoms with Crippen molar-refractivity contribution in [3.05, 3.63) is 84.2 Å². The number of anilines is 2. The molecule has 35 heavy (non-hydrogen) atoms. The van der Waals surface area contributed by atoms with Crippen LogP contribution in [0.5, 0.6) is 5.75 Å². The maximum Gasteiger partial charge on any atom is 0.161 e. The van der Waals surface area contributed by atoms with Crippen LogP contribution in [-0.2, 0) is 17.9 Å². The molecule has 0 unspecified atom stereocenters. The van der Waals surface area contributed by atoms with E-state index in [4.69, 9.17) is 26.2 Å². The number of nitrogens with one attached hydrogen (secondary N) is 1. The van der Waals surface area contributed by atoms with Crippen molar-refractivity contribution in [2.24, 2.45) is 0 Å². The van der Waals surface area contributed by atoms with Gasteiger partial charge in [0.1, 0.15) is 23.8 Å². The third kappa shape index (κ3) is 5.06. The van der Waals surface area contributed by atoms with E-state index in [1.54, 1.807) is 48.8 Å². The Hall–Kier alpha value is -4.08. The standard InChI is InChI=1S/C25H22ClN7O2/c1-34-16-33-24-19(25(32-33)31-22-15-27-10-11-29-22)13-17(23-20(26)6-4-9-30-23)14-21(24)35-12-7-18-5-2-3-8-28-18/h2-6,8-11,13-15H,7,12,16H2,1H3,(H,29,31,32). The second-order valence-corrected chi connectivity index (χ2v) is 8.01. The first-order chi connectivity index (χ1) is 17.2. The van der Waals surface area contributed by atoms with Gasteiger partial charge in [-0.15, -0.1) is 0 Å². The average Bonchev–Trinajstić information content (AvgIpc) is 3.23. The van der Waals surface area contributed by atoms with Crippen molar-refractivity contribution in [3.63, 3.8) is 0 Å². The number of ether oxygens (including phenoxy) is 2. The van der Waals surface area contributed by atoms with Crippen LogP contribution < -0.4 is 10.1 Å². The number of nitrogens with zero attached hydrogens (tertiary/aromatic N) is 6. The molecule has 1 N–H and O–H groups in total. The van der Waals surface area contributed by atoms with Gasteiger partial charge in [-0.1, -0.05) is 17.7 Å². The van der Waals surface area contributed by atoms with Crippen molar-refractivity contribution in [2.45, 2.75) is 13.2 Å². The van der Waals surface area contributed by atoms with Gasteiger partial charge in [-0.25, -0.2) is 9.67 Å². The Morgan fingerprint density at radius 2 is 1.91 bits per heavy atom. The van der Waals surface area contributed by atoms with Crippen LogP contribution in [0.3, 0.4) is 0 Å². The zero-order chi connectivity index (χ0) is 24.0. The molecule has 0 aliphatic rings. The van der Waals surface area contributed by atoms with E-state index >= 15 is 0 Å². The Balaban J connectivity index is 1.61. The van der Waals surface area contributed by atoms with Crippen molar-refractivity contribution in [1.29, 1.82) is 0 Å². The Labute approximate surface area is 206 Å². The minimum absolute atomic E-state index is 0.235. The Morgan fingerprint density at radius 3 is 2.69 bits per heavy atom. The summed E-state index contributed by atoms with van der Waals surface area (Å²) in [6.45, 7) is 0.662. The molecule has 0 atom stereocenters. The van der Waals surface area contributed by atoms with Gasteiger partial charge in [-0.05, 0) is 36.4 Å². The molecule has 0 bridgehead atoms. The molecule has 10 heteroatoms. The third-order valence-electron chi connectivity index (χ3n) is 5.24. The van der Waals surface area contributed by atoms with Gasteiger partial charge in [-0.3, -0.25) is 15.0 Å². The minimum Gasteiger partial charge on any atom is -0.491 e. The second kappa shape index (κ2) is 10.5. The van der Waals surface area contributed by atoms with Crippen LogP contribution in [0, 0.1) is 0 Å². The van der Waals surface area contributed by atoms with Gasteiger partial charge in [0.25, 0.3) is 0 Å². The van der Waals surface area contributed by atoms with Gasteiger partial charge in [0.15, 0.2) is 5.82 Å². The molecule has 0 saturated carbocycles. The van der Waals surface area contributed by atoms with Crippen molar-refractivity contribution in [3.8, 4) is 17.0 Å². The summed E-state index contributed by atoms with van der Waals surface area (Å²) in [5.41, 5.74) is 3.17. The summed E-state index contributed by atoms with van der Waals surface area (Å²) in [6, 6.07) is 13.3. The van der Waals surface area contributed by atoms with Gasteiger partial charge >= 0.3 is 0 Å². The lowest BCUT2D eigenvalue weighted by atomic mass is 10.1. The molecule has 5 aromatic rings. The minimum atomic E-state index is 0.235. The first-order valence-electron chi connectivity index (χ1n) is 10.9. The van der Waals surface area contributed by atoms with Crippen LogP contribution in [0.25, 0.3) is 22.2 Å². The highest BCUT2D eigenvalue weighted by Crippen LogP contribution is 2.38. The highest BCUT2D eigenvalue weighted by atomic mass is 35.5. The quantitative estimate of drug-likeness (QED) is 0.313. The van der Waals surface area contributed by atoms with Gasteiger partial charge in [-0.2, -0.15) is 5.10 Å². The highest BCUT2D eigenvalue weighted by molar-refractivity contribution is 6.33. The van der Waals surface area contributed by atoms with Crippen molar-refractivity contribution in [2.75, 3.05) is 19.0 Å². The molecule has 0 aliphatic heterocycles. The number of fused-ring (bicyclic) bond motifs is 1. The van der Waals surface area contributed by atoms with Crippen LogP contribution in [0.1, 0.15) is 5.69 Å². The Morgan fingerprint density at radius 1 is 1.00 bits per heavy atom. The fourth-order valence-corrected chi connectivity index (χ4v) is 3.96. The third-order valence-corrected chi connectivity index (χ3v) is 5.55. The lowest BCUT2D eigenvalue weighted by molar-refractivity contribution is 0.124. The summed E-state index contributed by atoms with van der Waals surface area (Å²) in [5, 5.41) is 9.32. The summed E-state index contributed by atoms with van der Waals surface area (Å²) in [4.78, 5) is 17.3. The number of rotatable bonds is 9. The summed E-state index contributed by atoms with van der Waals surface area (Å²) >= 11 is 6.48. The maximum absolute atomic E-state index is 6.48. The molecule has 0 spiro atoms. The molecule has 5 rings (SSSR count). The Bertz CT molecular complexity index is 1430. The molecule has 0 amide bonds. The number of pyridine rings is 2. The SMILES string of the molecule is COCn1nc(Nc2cnccn2)c2cc(-c3ncccc3Cl)cc(OCCc3ccccn3)c21. The molecule has 0 radical (unpaired) electrons. The molecular weight excluding hydrogens is 466 g/mol. The number of aromatic nitrogens is 6. The monoisotopic (exact) mass is 487 g/mol. The van der Waals surface area contributed by atoms with E-state index in [0.717, 1.165) is 22.2 Å². The van der Waals surface area contributed by atoms with Crippen molar-refractivity contribution >= 4 is 34.1 Å². The zero-order valence-electron chi connectivity index (χ0n) is 18.9. The highest BCUT2D eigenvalue weighted by Gasteiger charge is 2.19. The molecule has 176 valence electrons. The number of hydrogen-bond acceptors (Lipinski definition) is 8. The average molecular weight is 488 g/mol. The number of hydrogen-bond donors (Lipinski definition) is 1. The smallest absolute Gasteiger partial charge is 0.161 e. The number of halogens is 1. The van der Waals surface area contributed by atoms with Crippen molar-refractivity contribution < 1.29 is 9.47 Å². The van der Waals surface area contributed by atoms with Gasteiger partial charge in [0, 0.05) is 55.0 Å². The van der Waals surface area contributed by atoms with E-state index in [-0.39, 0.29) is 6.73 Å². The van der Waals surface area contributed by atoms with E-state index < -0.39 is 0 Å². The number of benzene rings is 1. The normalized spacial score (nSPS) is 11.0. The Kier molecular flexibility index (Phi) is 6.78. The number of methoxy groups -OCH3 is 1. The van der Waals surface area contributed by atoms with Crippen LogP contribution in [0.15, 0.2) is 73.4 Å². The predicted molar refractivity (Wildman–Crippen MR) is 134 cm³/mol. The lowest BCUT2D eigenvalue weighted by Gasteiger charge is -2.12. The van der Waals surface area contributed by atoms with Gasteiger partial charge in [0.05, 0.1) is 23.5 Å². The van der Waals surface area contributed by atoms with Crippen LogP contribution in [-0.4, -0.2) is 43.4 Å². The fourth-order valence-electron chi connectivity index (χ4n) is 3.73. The molecule has 4 heterocycles. The first kappa shape index (κ1) is 22.7. The van der Waals surface area contributed by atoms with E-state index in [9.17, 15) is 0 Å². The molecule has 1 aromatic carbocycles. The summed E-state index contributed by atoms with van der Waals surface area (Å²) in [7, 11) is 1.62. The van der Waals surface area contributed by atoms with Gasteiger partial charge in [0.2, 0.25) is 0 Å². The van der Waals surface area contributed by atoms with E-state index in [0.29, 0.717) is 41.1 Å². The topological polar surface area (TPSA) is 99.9 Å². The summed E-state index contributed by atoms with van der Waals surface area (Å²) in [6.07, 6.45) is 8.99. The summed E-state index contributed by atoms with van der Waals surface area (Å²) in [5.74, 6) is 1.78. The predicted octanol–water partition coefficient (Wildman–Crippen LogP) is 4.91. The maximum atomic E-state index is 6.48. The second-order valence-electron chi connectivity index (χ2n) is 7.61. The zero-order valence-corrected chi connectivity index (χ0v) is 19.7. The van der Waals surface area contributed by atoms with E-state index in [2.05, 4.69) is 25.3 Å². The van der Waals surface area contributed by atoms with E-state index in [1.165, 1.54) is 0 Å². The van der Waals surface area contributed by atoms with Crippen LogP contribution >= 0.6 is 11.6 Å². The lowest BCUT2D eigenvalue weighted by Crippen LogP contribution is -2.06. The molecule has 0 fully saturated rings. The first-order valence-corrected chi connectivity index (χ1v) is 11.3. The van der Waals surface area contributed by atoms with E-state index in [1.807, 2.05) is 36.4 Å². The molecule has 0 aliphatic carbocycles. The van der Waals surface area contributed by atoms with Gasteiger partial charge < -0.3 is 14.8 Å². The van der Waals surface area contributed by atoms with Crippen molar-refractivity contribution in [1.82, 2.24) is 29.7 Å².